The maximum atomic E-state index is 6.13. The number of hydrazone groups is 1. The Balaban J connectivity index is 2.07. The number of nitrogens with zero attached hydrogens (tertiary/aromatic N) is 1. The van der Waals surface area contributed by atoms with Crippen LogP contribution in [-0.2, 0) is 6.54 Å². The van der Waals surface area contributed by atoms with Crippen LogP contribution >= 0.6 is 39.1 Å². The van der Waals surface area contributed by atoms with E-state index in [0.29, 0.717) is 16.6 Å². The van der Waals surface area contributed by atoms with Crippen molar-refractivity contribution in [2.75, 3.05) is 0 Å². The molecule has 0 fully saturated rings. The average molecular weight is 416 g/mol. The van der Waals surface area contributed by atoms with Gasteiger partial charge < -0.3 is 10.2 Å². The average Bonchev–Trinajstić information content (AvgIpc) is 2.48. The number of hydrogen-bond acceptors (Lipinski definition) is 3. The fourth-order valence-electron chi connectivity index (χ4n) is 1.92. The SMILES string of the molecule is CC(C)Oc1ccc(Br)cc1/C=N/NCc1c(Cl)cccc1Cl. The van der Waals surface area contributed by atoms with Gasteiger partial charge in [0.1, 0.15) is 5.75 Å². The van der Waals surface area contributed by atoms with E-state index in [1.54, 1.807) is 18.3 Å². The van der Waals surface area contributed by atoms with Crippen LogP contribution in [0.1, 0.15) is 25.0 Å². The summed E-state index contributed by atoms with van der Waals surface area (Å²) in [5, 5.41) is 5.47. The van der Waals surface area contributed by atoms with Crippen LogP contribution in [0.2, 0.25) is 10.0 Å². The minimum atomic E-state index is 0.0956. The Labute approximate surface area is 154 Å². The monoisotopic (exact) mass is 414 g/mol. The van der Waals surface area contributed by atoms with E-state index in [0.717, 1.165) is 21.3 Å². The van der Waals surface area contributed by atoms with E-state index in [-0.39, 0.29) is 6.10 Å². The molecular formula is C17H17BrCl2N2O. The van der Waals surface area contributed by atoms with Crippen molar-refractivity contribution in [1.82, 2.24) is 5.43 Å². The molecule has 1 N–H and O–H groups in total. The third-order valence-electron chi connectivity index (χ3n) is 2.95. The highest BCUT2D eigenvalue weighted by Crippen LogP contribution is 2.24. The van der Waals surface area contributed by atoms with Crippen LogP contribution in [0, 0.1) is 0 Å². The van der Waals surface area contributed by atoms with Crippen LogP contribution in [-0.4, -0.2) is 12.3 Å². The molecule has 122 valence electrons. The third-order valence-corrected chi connectivity index (χ3v) is 4.15. The van der Waals surface area contributed by atoms with Crippen LogP contribution in [0.4, 0.5) is 0 Å². The van der Waals surface area contributed by atoms with Crippen LogP contribution in [0.25, 0.3) is 0 Å². The summed E-state index contributed by atoms with van der Waals surface area (Å²) in [6.45, 7) is 4.42. The Bertz CT molecular complexity index is 685. The highest BCUT2D eigenvalue weighted by atomic mass is 79.9. The number of nitrogens with one attached hydrogen (secondary N) is 1. The maximum Gasteiger partial charge on any atom is 0.128 e. The summed E-state index contributed by atoms with van der Waals surface area (Å²) in [6, 6.07) is 11.2. The first-order chi connectivity index (χ1) is 11.0. The van der Waals surface area contributed by atoms with Crippen molar-refractivity contribution >= 4 is 45.3 Å². The summed E-state index contributed by atoms with van der Waals surface area (Å²) >= 11 is 15.7. The zero-order valence-electron chi connectivity index (χ0n) is 12.8. The standard InChI is InChI=1S/C17H17BrCl2N2O/c1-11(2)23-17-7-6-13(18)8-12(17)9-21-22-10-14-15(19)4-3-5-16(14)20/h3-9,11,22H,10H2,1-2H3/b21-9+. The molecule has 3 nitrogen and oxygen atoms in total. The smallest absolute Gasteiger partial charge is 0.128 e. The first kappa shape index (κ1) is 18.1. The van der Waals surface area contributed by atoms with Crippen molar-refractivity contribution < 1.29 is 4.74 Å². The van der Waals surface area contributed by atoms with Gasteiger partial charge >= 0.3 is 0 Å². The lowest BCUT2D eigenvalue weighted by atomic mass is 10.2. The first-order valence-electron chi connectivity index (χ1n) is 7.12. The van der Waals surface area contributed by atoms with Gasteiger partial charge in [0.2, 0.25) is 0 Å². The second-order valence-corrected chi connectivity index (χ2v) is 6.87. The number of hydrogen-bond donors (Lipinski definition) is 1. The van der Waals surface area contributed by atoms with Crippen molar-refractivity contribution in [2.24, 2.45) is 5.10 Å². The molecule has 0 spiro atoms. The fourth-order valence-corrected chi connectivity index (χ4v) is 2.83. The highest BCUT2D eigenvalue weighted by Gasteiger charge is 2.06. The van der Waals surface area contributed by atoms with E-state index >= 15 is 0 Å². The van der Waals surface area contributed by atoms with Crippen LogP contribution in [0.5, 0.6) is 5.75 Å². The van der Waals surface area contributed by atoms with Gasteiger partial charge in [-0.3, -0.25) is 0 Å². The summed E-state index contributed by atoms with van der Waals surface area (Å²) in [7, 11) is 0. The fraction of sp³-hybridized carbons (Fsp3) is 0.235. The van der Waals surface area contributed by atoms with Crippen molar-refractivity contribution in [3.05, 3.63) is 62.0 Å². The molecule has 2 rings (SSSR count). The van der Waals surface area contributed by atoms with Gasteiger partial charge in [0.25, 0.3) is 0 Å². The summed E-state index contributed by atoms with van der Waals surface area (Å²) in [4.78, 5) is 0. The summed E-state index contributed by atoms with van der Waals surface area (Å²) in [5.41, 5.74) is 4.66. The van der Waals surface area contributed by atoms with Gasteiger partial charge in [0.05, 0.1) is 18.9 Å². The molecule has 0 bridgehead atoms. The number of ether oxygens (including phenoxy) is 1. The van der Waals surface area contributed by atoms with E-state index in [9.17, 15) is 0 Å². The van der Waals surface area contributed by atoms with Gasteiger partial charge in [-0.05, 0) is 44.2 Å². The lowest BCUT2D eigenvalue weighted by Crippen LogP contribution is -2.09. The van der Waals surface area contributed by atoms with Crippen molar-refractivity contribution in [3.63, 3.8) is 0 Å². The Morgan fingerprint density at radius 2 is 1.91 bits per heavy atom. The zero-order valence-corrected chi connectivity index (χ0v) is 15.9. The third kappa shape index (κ3) is 5.41. The van der Waals surface area contributed by atoms with Gasteiger partial charge in [-0.25, -0.2) is 0 Å². The molecular weight excluding hydrogens is 399 g/mol. The minimum absolute atomic E-state index is 0.0956. The van der Waals surface area contributed by atoms with Crippen LogP contribution in [0.3, 0.4) is 0 Å². The van der Waals surface area contributed by atoms with E-state index in [1.807, 2.05) is 38.1 Å². The summed E-state index contributed by atoms with van der Waals surface area (Å²) < 4.78 is 6.73. The predicted molar refractivity (Wildman–Crippen MR) is 101 cm³/mol. The Hall–Kier alpha value is -1.23. The molecule has 0 atom stereocenters. The van der Waals surface area contributed by atoms with Gasteiger partial charge in [-0.15, -0.1) is 0 Å². The number of rotatable bonds is 6. The predicted octanol–water partition coefficient (Wildman–Crippen LogP) is 5.67. The van der Waals surface area contributed by atoms with E-state index < -0.39 is 0 Å². The molecule has 0 unspecified atom stereocenters. The Kier molecular flexibility index (Phi) is 6.75. The second-order valence-electron chi connectivity index (χ2n) is 5.14. The Morgan fingerprint density at radius 3 is 2.57 bits per heavy atom. The summed E-state index contributed by atoms with van der Waals surface area (Å²) in [5.74, 6) is 0.782. The van der Waals surface area contributed by atoms with E-state index in [4.69, 9.17) is 27.9 Å². The van der Waals surface area contributed by atoms with Crippen LogP contribution < -0.4 is 10.2 Å². The summed E-state index contributed by atoms with van der Waals surface area (Å²) in [6.07, 6.45) is 1.81. The molecule has 0 saturated carbocycles. The van der Waals surface area contributed by atoms with Crippen molar-refractivity contribution in [3.8, 4) is 5.75 Å². The molecule has 0 aromatic heterocycles. The molecule has 2 aromatic carbocycles. The molecule has 0 heterocycles. The van der Waals surface area contributed by atoms with Crippen molar-refractivity contribution in [2.45, 2.75) is 26.5 Å². The number of halogens is 3. The lowest BCUT2D eigenvalue weighted by molar-refractivity contribution is 0.242. The molecule has 6 heteroatoms. The molecule has 0 aliphatic heterocycles. The molecule has 0 amide bonds. The molecule has 23 heavy (non-hydrogen) atoms. The zero-order chi connectivity index (χ0) is 16.8. The lowest BCUT2D eigenvalue weighted by Gasteiger charge is -2.12. The first-order valence-corrected chi connectivity index (χ1v) is 8.67. The van der Waals surface area contributed by atoms with E-state index in [1.165, 1.54) is 0 Å². The highest BCUT2D eigenvalue weighted by molar-refractivity contribution is 9.10. The number of benzene rings is 2. The maximum absolute atomic E-state index is 6.13. The van der Waals surface area contributed by atoms with Gasteiger partial charge in [-0.1, -0.05) is 45.2 Å². The quantitative estimate of drug-likeness (QED) is 0.487. The van der Waals surface area contributed by atoms with E-state index in [2.05, 4.69) is 26.5 Å². The topological polar surface area (TPSA) is 33.6 Å². The molecule has 2 aromatic rings. The van der Waals surface area contributed by atoms with Gasteiger partial charge in [0, 0.05) is 25.6 Å². The second kappa shape index (κ2) is 8.57. The molecule has 0 radical (unpaired) electrons. The normalized spacial score (nSPS) is 11.2. The van der Waals surface area contributed by atoms with Gasteiger partial charge in [0.15, 0.2) is 0 Å². The van der Waals surface area contributed by atoms with Gasteiger partial charge in [-0.2, -0.15) is 5.10 Å². The van der Waals surface area contributed by atoms with Crippen molar-refractivity contribution in [1.29, 1.82) is 0 Å². The molecule has 0 aliphatic carbocycles. The largest absolute Gasteiger partial charge is 0.490 e. The molecule has 0 saturated heterocycles. The molecule has 0 aliphatic rings. The minimum Gasteiger partial charge on any atom is -0.490 e. The Morgan fingerprint density at radius 1 is 1.22 bits per heavy atom. The van der Waals surface area contributed by atoms with Crippen LogP contribution in [0.15, 0.2) is 46.0 Å².